The summed E-state index contributed by atoms with van der Waals surface area (Å²) in [6.07, 6.45) is 7.67. The molecule has 1 fully saturated rings. The fourth-order valence-electron chi connectivity index (χ4n) is 3.51. The van der Waals surface area contributed by atoms with Crippen molar-refractivity contribution in [2.24, 2.45) is 11.7 Å². The first-order chi connectivity index (χ1) is 11.7. The van der Waals surface area contributed by atoms with E-state index in [0.717, 1.165) is 18.5 Å². The van der Waals surface area contributed by atoms with Crippen LogP contribution in [0.25, 0.3) is 11.5 Å². The zero-order valence-electron chi connectivity index (χ0n) is 14.1. The number of hydrogen-bond acceptors (Lipinski definition) is 4. The highest BCUT2D eigenvalue weighted by molar-refractivity contribution is 5.95. The van der Waals surface area contributed by atoms with E-state index in [1.54, 1.807) is 6.26 Å². The van der Waals surface area contributed by atoms with E-state index in [0.29, 0.717) is 29.5 Å². The summed E-state index contributed by atoms with van der Waals surface area (Å²) in [5.74, 6) is 1.10. The number of aromatic nitrogens is 1. The third-order valence-electron chi connectivity index (χ3n) is 4.89. The fraction of sp³-hybridized carbons (Fsp3) is 0.474. The number of nitrogens with one attached hydrogen (secondary N) is 1. The van der Waals surface area contributed by atoms with Gasteiger partial charge in [-0.25, -0.2) is 4.98 Å². The van der Waals surface area contributed by atoms with Crippen molar-refractivity contribution in [1.29, 1.82) is 0 Å². The average molecular weight is 327 g/mol. The number of pyridine rings is 1. The fourth-order valence-corrected chi connectivity index (χ4v) is 3.51. The molecule has 0 aromatic carbocycles. The molecule has 2 heterocycles. The van der Waals surface area contributed by atoms with Crippen LogP contribution in [0.2, 0.25) is 0 Å². The quantitative estimate of drug-likeness (QED) is 0.883. The number of aryl methyl sites for hydroxylation is 1. The van der Waals surface area contributed by atoms with Crippen LogP contribution in [0.1, 0.15) is 48.2 Å². The van der Waals surface area contributed by atoms with Gasteiger partial charge in [-0.05, 0) is 49.9 Å². The molecule has 2 aromatic heterocycles. The lowest BCUT2D eigenvalue weighted by atomic mass is 9.84. The number of carbonyl (C=O) groups excluding carboxylic acids is 1. The topological polar surface area (TPSA) is 81.2 Å². The van der Waals surface area contributed by atoms with Crippen LogP contribution >= 0.6 is 0 Å². The van der Waals surface area contributed by atoms with Gasteiger partial charge in [0.25, 0.3) is 5.91 Å². The molecular formula is C19H25N3O2. The lowest BCUT2D eigenvalue weighted by molar-refractivity contribution is 0.0914. The zero-order valence-corrected chi connectivity index (χ0v) is 14.1. The molecule has 1 saturated carbocycles. The lowest BCUT2D eigenvalue weighted by Gasteiger charge is -2.30. The molecular weight excluding hydrogens is 302 g/mol. The molecule has 5 nitrogen and oxygen atoms in total. The molecule has 5 heteroatoms. The third-order valence-corrected chi connectivity index (χ3v) is 4.89. The van der Waals surface area contributed by atoms with Crippen LogP contribution in [0.3, 0.4) is 0 Å². The molecule has 3 rings (SSSR count). The van der Waals surface area contributed by atoms with Crippen LogP contribution in [-0.4, -0.2) is 23.5 Å². The summed E-state index contributed by atoms with van der Waals surface area (Å²) in [6, 6.07) is 7.35. The number of rotatable bonds is 5. The van der Waals surface area contributed by atoms with Gasteiger partial charge >= 0.3 is 0 Å². The number of amides is 1. The highest BCUT2D eigenvalue weighted by atomic mass is 16.3. The Morgan fingerprint density at radius 3 is 2.75 bits per heavy atom. The molecule has 0 bridgehead atoms. The van der Waals surface area contributed by atoms with Crippen LogP contribution in [0.4, 0.5) is 0 Å². The smallest absolute Gasteiger partial charge is 0.253 e. The van der Waals surface area contributed by atoms with E-state index < -0.39 is 0 Å². The van der Waals surface area contributed by atoms with Crippen molar-refractivity contribution in [2.75, 3.05) is 6.54 Å². The van der Waals surface area contributed by atoms with Crippen molar-refractivity contribution < 1.29 is 9.21 Å². The molecule has 2 aromatic rings. The van der Waals surface area contributed by atoms with E-state index >= 15 is 0 Å². The van der Waals surface area contributed by atoms with Crippen molar-refractivity contribution in [3.05, 3.63) is 41.8 Å². The molecule has 1 atom stereocenters. The first-order valence-corrected chi connectivity index (χ1v) is 8.71. The van der Waals surface area contributed by atoms with E-state index in [1.165, 1.54) is 19.3 Å². The number of carbonyl (C=O) groups is 1. The second-order valence-corrected chi connectivity index (χ2v) is 6.52. The molecule has 24 heavy (non-hydrogen) atoms. The van der Waals surface area contributed by atoms with Crippen LogP contribution in [0, 0.1) is 12.8 Å². The van der Waals surface area contributed by atoms with E-state index in [2.05, 4.69) is 10.3 Å². The van der Waals surface area contributed by atoms with Gasteiger partial charge in [0, 0.05) is 12.6 Å². The monoisotopic (exact) mass is 327 g/mol. The van der Waals surface area contributed by atoms with Gasteiger partial charge in [0.05, 0.1) is 17.5 Å². The summed E-state index contributed by atoms with van der Waals surface area (Å²) in [4.78, 5) is 17.1. The van der Waals surface area contributed by atoms with E-state index in [9.17, 15) is 4.79 Å². The summed E-state index contributed by atoms with van der Waals surface area (Å²) >= 11 is 0. The van der Waals surface area contributed by atoms with Crippen molar-refractivity contribution >= 4 is 5.91 Å². The summed E-state index contributed by atoms with van der Waals surface area (Å²) in [6.45, 7) is 2.33. The van der Waals surface area contributed by atoms with Crippen LogP contribution in [0.5, 0.6) is 0 Å². The molecule has 128 valence electrons. The van der Waals surface area contributed by atoms with Gasteiger partial charge in [-0.2, -0.15) is 0 Å². The summed E-state index contributed by atoms with van der Waals surface area (Å²) in [5, 5.41) is 3.12. The second-order valence-electron chi connectivity index (χ2n) is 6.52. The Kier molecular flexibility index (Phi) is 5.30. The Labute approximate surface area is 142 Å². The van der Waals surface area contributed by atoms with Gasteiger partial charge in [-0.3, -0.25) is 4.79 Å². The Morgan fingerprint density at radius 1 is 1.33 bits per heavy atom. The van der Waals surface area contributed by atoms with E-state index in [4.69, 9.17) is 10.2 Å². The molecule has 1 amide bonds. The molecule has 3 N–H and O–H groups in total. The predicted molar refractivity (Wildman–Crippen MR) is 93.6 cm³/mol. The first-order valence-electron chi connectivity index (χ1n) is 8.71. The minimum absolute atomic E-state index is 0.0435. The normalized spacial score (nSPS) is 16.8. The zero-order chi connectivity index (χ0) is 16.9. The molecule has 1 aliphatic carbocycles. The van der Waals surface area contributed by atoms with Crippen molar-refractivity contribution in [1.82, 2.24) is 10.3 Å². The summed E-state index contributed by atoms with van der Waals surface area (Å²) in [5.41, 5.74) is 7.94. The Hall–Kier alpha value is -2.14. The maximum Gasteiger partial charge on any atom is 0.253 e. The van der Waals surface area contributed by atoms with Crippen molar-refractivity contribution in [2.45, 2.75) is 45.1 Å². The van der Waals surface area contributed by atoms with Gasteiger partial charge < -0.3 is 15.5 Å². The van der Waals surface area contributed by atoms with Gasteiger partial charge in [0.15, 0.2) is 5.76 Å². The Morgan fingerprint density at radius 2 is 2.12 bits per heavy atom. The van der Waals surface area contributed by atoms with E-state index in [1.807, 2.05) is 31.2 Å². The van der Waals surface area contributed by atoms with Gasteiger partial charge in [0.2, 0.25) is 0 Å². The standard InChI is InChI=1S/C19H25N3O2/c1-13-15(9-10-16(21-13)18-8-5-11-24-18)19(23)22-17(12-20)14-6-3-2-4-7-14/h5,8-11,14,17H,2-4,6-7,12,20H2,1H3,(H,22,23). The molecule has 0 saturated heterocycles. The molecule has 0 aliphatic heterocycles. The minimum Gasteiger partial charge on any atom is -0.463 e. The number of furan rings is 1. The molecule has 1 unspecified atom stereocenters. The predicted octanol–water partition coefficient (Wildman–Crippen LogP) is 3.29. The highest BCUT2D eigenvalue weighted by Gasteiger charge is 2.25. The second kappa shape index (κ2) is 7.62. The average Bonchev–Trinajstić information content (AvgIpc) is 3.14. The van der Waals surface area contributed by atoms with Gasteiger partial charge in [-0.1, -0.05) is 19.3 Å². The number of hydrogen-bond donors (Lipinski definition) is 2. The van der Waals surface area contributed by atoms with Crippen molar-refractivity contribution in [3.8, 4) is 11.5 Å². The summed E-state index contributed by atoms with van der Waals surface area (Å²) < 4.78 is 5.36. The molecule has 0 radical (unpaired) electrons. The highest BCUT2D eigenvalue weighted by Crippen LogP contribution is 2.26. The maximum atomic E-state index is 12.6. The number of nitrogens with zero attached hydrogens (tertiary/aromatic N) is 1. The largest absolute Gasteiger partial charge is 0.463 e. The van der Waals surface area contributed by atoms with Crippen molar-refractivity contribution in [3.63, 3.8) is 0 Å². The molecule has 1 aliphatic rings. The third kappa shape index (κ3) is 3.67. The minimum atomic E-state index is -0.0907. The van der Waals surface area contributed by atoms with Crippen LogP contribution < -0.4 is 11.1 Å². The van der Waals surface area contributed by atoms with Crippen LogP contribution in [-0.2, 0) is 0 Å². The van der Waals surface area contributed by atoms with Crippen LogP contribution in [0.15, 0.2) is 34.9 Å². The van der Waals surface area contributed by atoms with Gasteiger partial charge in [0.1, 0.15) is 5.69 Å². The SMILES string of the molecule is Cc1nc(-c2ccco2)ccc1C(=O)NC(CN)C1CCCCC1. The maximum absolute atomic E-state index is 12.6. The Balaban J connectivity index is 1.72. The van der Waals surface area contributed by atoms with E-state index in [-0.39, 0.29) is 11.9 Å². The Bertz CT molecular complexity index is 676. The first kappa shape index (κ1) is 16.7. The van der Waals surface area contributed by atoms with Gasteiger partial charge in [-0.15, -0.1) is 0 Å². The summed E-state index contributed by atoms with van der Waals surface area (Å²) in [7, 11) is 0. The lowest BCUT2D eigenvalue weighted by Crippen LogP contribution is -2.46. The number of nitrogens with two attached hydrogens (primary N) is 1. The molecule has 0 spiro atoms.